The van der Waals surface area contributed by atoms with Gasteiger partial charge in [0.05, 0.1) is 19.0 Å². The fraction of sp³-hybridized carbons (Fsp3) is 0.650. The number of anilines is 1. The highest BCUT2D eigenvalue weighted by Crippen LogP contribution is 2.58. The lowest BCUT2D eigenvalue weighted by atomic mass is 9.51. The third kappa shape index (κ3) is 7.25. The molecule has 0 spiro atoms. The maximum absolute atomic E-state index is 14.7. The molecular weight excluding hydrogens is 627 g/mol. The maximum Gasteiger partial charge on any atom is 0.231 e. The minimum absolute atomic E-state index is 0.0219. The molecule has 2 heterocycles. The molecule has 0 radical (unpaired) electrons. The molecule has 49 heavy (non-hydrogen) atoms. The minimum atomic E-state index is -1.86. The van der Waals surface area contributed by atoms with Gasteiger partial charge in [0.1, 0.15) is 17.9 Å². The summed E-state index contributed by atoms with van der Waals surface area (Å²) in [6.07, 6.45) is 16.2. The number of carbonyl (C=O) groups is 1. The summed E-state index contributed by atoms with van der Waals surface area (Å²) in [5.74, 6) is 1.87. The number of methoxy groups -OCH3 is 1. The molecule has 2 aromatic heterocycles. The summed E-state index contributed by atoms with van der Waals surface area (Å²) in [5, 5.41) is 4.73. The second kappa shape index (κ2) is 13.6. The highest BCUT2D eigenvalue weighted by atomic mass is 28.4. The Kier molecular flexibility index (Phi) is 9.92. The van der Waals surface area contributed by atoms with Crippen molar-refractivity contribution >= 4 is 20.0 Å². The van der Waals surface area contributed by atoms with Crippen LogP contribution in [0, 0.1) is 18.3 Å². The molecule has 1 amide bonds. The summed E-state index contributed by atoms with van der Waals surface area (Å²) in [4.78, 5) is 26.2. The fourth-order valence-corrected chi connectivity index (χ4v) is 9.82. The lowest BCUT2D eigenvalue weighted by molar-refractivity contribution is -0.124. The molecule has 4 fully saturated rings. The molecule has 0 saturated heterocycles. The number of hydrogen-bond donors (Lipinski definition) is 0. The van der Waals surface area contributed by atoms with E-state index in [-0.39, 0.29) is 39.8 Å². The molecule has 4 saturated carbocycles. The zero-order valence-corrected chi connectivity index (χ0v) is 32.5. The number of benzene rings is 1. The third-order valence-corrected chi connectivity index (χ3v) is 17.3. The van der Waals surface area contributed by atoms with Crippen LogP contribution in [-0.4, -0.2) is 53.7 Å². The van der Waals surface area contributed by atoms with Gasteiger partial charge in [-0.2, -0.15) is 5.10 Å². The van der Waals surface area contributed by atoms with Gasteiger partial charge in [-0.15, -0.1) is 0 Å². The predicted molar refractivity (Wildman–Crippen MR) is 200 cm³/mol. The largest absolute Gasteiger partial charge is 0.496 e. The normalized spacial score (nSPS) is 25.8. The van der Waals surface area contributed by atoms with Crippen LogP contribution in [0.25, 0.3) is 11.3 Å². The molecule has 1 aromatic carbocycles. The van der Waals surface area contributed by atoms with Crippen LogP contribution in [0.3, 0.4) is 0 Å². The van der Waals surface area contributed by atoms with Crippen LogP contribution in [0.2, 0.25) is 18.1 Å². The van der Waals surface area contributed by atoms with Gasteiger partial charge in [-0.05, 0) is 131 Å². The number of aryl methyl sites for hydroxylation is 1. The van der Waals surface area contributed by atoms with E-state index in [1.54, 1.807) is 13.4 Å². The molecule has 3 aromatic rings. The molecule has 4 aliphatic carbocycles. The zero-order valence-electron chi connectivity index (χ0n) is 31.5. The molecule has 266 valence electrons. The Morgan fingerprint density at radius 1 is 1.02 bits per heavy atom. The lowest BCUT2D eigenvalue weighted by Crippen LogP contribution is -2.52. The number of rotatable bonds is 10. The summed E-state index contributed by atoms with van der Waals surface area (Å²) in [5.41, 5.74) is 4.72. The molecule has 9 heteroatoms. The van der Waals surface area contributed by atoms with E-state index in [1.165, 1.54) is 11.1 Å². The third-order valence-electron chi connectivity index (χ3n) is 12.8. The molecule has 2 bridgehead atoms. The first-order chi connectivity index (χ1) is 23.1. The van der Waals surface area contributed by atoms with Gasteiger partial charge in [0.2, 0.25) is 5.91 Å². The van der Waals surface area contributed by atoms with Crippen LogP contribution in [0.15, 0.2) is 43.0 Å². The molecule has 4 aliphatic rings. The van der Waals surface area contributed by atoms with E-state index < -0.39 is 8.32 Å². The molecule has 0 atom stereocenters. The number of aromatic nitrogens is 4. The van der Waals surface area contributed by atoms with Gasteiger partial charge < -0.3 is 9.16 Å². The Morgan fingerprint density at radius 2 is 1.69 bits per heavy atom. The van der Waals surface area contributed by atoms with Crippen molar-refractivity contribution in [2.45, 2.75) is 141 Å². The zero-order chi connectivity index (χ0) is 35.2. The van der Waals surface area contributed by atoms with Crippen molar-refractivity contribution in [1.29, 1.82) is 0 Å². The van der Waals surface area contributed by atoms with Crippen molar-refractivity contribution in [3.05, 3.63) is 54.1 Å². The second-order valence-electron chi connectivity index (χ2n) is 17.3. The Bertz CT molecular complexity index is 1610. The smallest absolute Gasteiger partial charge is 0.231 e. The van der Waals surface area contributed by atoms with Crippen LogP contribution >= 0.6 is 0 Å². The van der Waals surface area contributed by atoms with Crippen LogP contribution < -0.4 is 9.64 Å². The average molecular weight is 686 g/mol. The number of amides is 1. The lowest BCUT2D eigenvalue weighted by Gasteiger charge is -2.55. The molecule has 0 aliphatic heterocycles. The van der Waals surface area contributed by atoms with Gasteiger partial charge in [-0.25, -0.2) is 9.97 Å². The maximum atomic E-state index is 14.7. The number of fused-ring (bicyclic) bond motifs is 3. The summed E-state index contributed by atoms with van der Waals surface area (Å²) in [6.45, 7) is 18.7. The van der Waals surface area contributed by atoms with E-state index in [4.69, 9.17) is 14.1 Å². The summed E-state index contributed by atoms with van der Waals surface area (Å²) in [7, 11) is -0.117. The Morgan fingerprint density at radius 3 is 2.27 bits per heavy atom. The number of ether oxygens (including phenoxy) is 1. The van der Waals surface area contributed by atoms with E-state index in [0.717, 1.165) is 87.0 Å². The first kappa shape index (κ1) is 35.8. The van der Waals surface area contributed by atoms with Crippen LogP contribution in [0.5, 0.6) is 5.75 Å². The number of nitrogens with zero attached hydrogens (tertiary/aromatic N) is 5. The van der Waals surface area contributed by atoms with Crippen LogP contribution in [0.4, 0.5) is 5.82 Å². The minimum Gasteiger partial charge on any atom is -0.496 e. The quantitative estimate of drug-likeness (QED) is 0.198. The summed E-state index contributed by atoms with van der Waals surface area (Å²) >= 11 is 0. The monoisotopic (exact) mass is 685 g/mol. The summed E-state index contributed by atoms with van der Waals surface area (Å²) < 4.78 is 14.3. The summed E-state index contributed by atoms with van der Waals surface area (Å²) in [6, 6.07) is 9.05. The van der Waals surface area contributed by atoms with Crippen LogP contribution in [-0.2, 0) is 14.6 Å². The molecule has 7 rings (SSSR count). The van der Waals surface area contributed by atoms with Crippen molar-refractivity contribution in [1.82, 2.24) is 19.7 Å². The van der Waals surface area contributed by atoms with E-state index in [9.17, 15) is 4.79 Å². The van der Waals surface area contributed by atoms with Crippen molar-refractivity contribution in [3.63, 3.8) is 0 Å². The van der Waals surface area contributed by atoms with Gasteiger partial charge in [0.25, 0.3) is 0 Å². The van der Waals surface area contributed by atoms with E-state index in [2.05, 4.69) is 87.8 Å². The van der Waals surface area contributed by atoms with Gasteiger partial charge in [0, 0.05) is 42.4 Å². The standard InChI is InChI=1S/C40H59N5O3Si/c1-28(2)45-25-31(24-43-45)34-23-36(42-27-41-34)44(37(46)30-10-13-33(14-11-30)48-49(8,9)38(4,5)6)26-39-16-19-40(20-17-39,21-18-39)32-12-15-35(47-7)29(3)22-32/h12,15,22-25,27-28,30,33H,10-11,13-14,16-21,26H2,1-9H3. The molecular formula is C40H59N5O3Si. The van der Waals surface area contributed by atoms with Crippen molar-refractivity contribution in [2.24, 2.45) is 11.3 Å². The van der Waals surface area contributed by atoms with Crippen molar-refractivity contribution in [3.8, 4) is 17.0 Å². The van der Waals surface area contributed by atoms with E-state index in [0.29, 0.717) is 6.54 Å². The van der Waals surface area contributed by atoms with Gasteiger partial charge in [-0.1, -0.05) is 32.9 Å². The highest BCUT2D eigenvalue weighted by molar-refractivity contribution is 6.74. The molecule has 0 N–H and O–H groups in total. The van der Waals surface area contributed by atoms with Crippen molar-refractivity contribution < 1.29 is 14.0 Å². The highest BCUT2D eigenvalue weighted by Gasteiger charge is 2.51. The van der Waals surface area contributed by atoms with E-state index in [1.807, 2.05) is 23.1 Å². The number of hydrogen-bond acceptors (Lipinski definition) is 6. The SMILES string of the molecule is COc1ccc(C23CCC(CN(C(=O)C4CCC(O[Si](C)(C)C(C)(C)C)CC4)c4cc(-c5cnn(C(C)C)c5)ncn4)(CC2)CC3)cc1C. The van der Waals surface area contributed by atoms with Gasteiger partial charge >= 0.3 is 0 Å². The average Bonchev–Trinajstić information content (AvgIpc) is 3.59. The number of carbonyl (C=O) groups excluding carboxylic acids is 1. The van der Waals surface area contributed by atoms with Crippen LogP contribution in [0.1, 0.15) is 116 Å². The van der Waals surface area contributed by atoms with Gasteiger partial charge in [0.15, 0.2) is 8.32 Å². The first-order valence-corrected chi connectivity index (χ1v) is 21.6. The Labute approximate surface area is 295 Å². The van der Waals surface area contributed by atoms with E-state index >= 15 is 0 Å². The molecule has 8 nitrogen and oxygen atoms in total. The second-order valence-corrected chi connectivity index (χ2v) is 22.1. The Hall–Kier alpha value is -3.04. The predicted octanol–water partition coefficient (Wildman–Crippen LogP) is 9.44. The van der Waals surface area contributed by atoms with Gasteiger partial charge in [-0.3, -0.25) is 14.4 Å². The fourth-order valence-electron chi connectivity index (χ4n) is 8.40. The van der Waals surface area contributed by atoms with Crippen molar-refractivity contribution in [2.75, 3.05) is 18.6 Å². The first-order valence-electron chi connectivity index (χ1n) is 18.7. The molecule has 0 unspecified atom stereocenters. The Balaban J connectivity index is 1.23. The topological polar surface area (TPSA) is 82.4 Å².